The Morgan fingerprint density at radius 2 is 1.74 bits per heavy atom. The van der Waals surface area contributed by atoms with E-state index in [4.69, 9.17) is 4.74 Å². The molecule has 2 rings (SSSR count). The zero-order valence-electron chi connectivity index (χ0n) is 20.6. The van der Waals surface area contributed by atoms with Gasteiger partial charge < -0.3 is 15.0 Å². The molecule has 2 amide bonds. The Morgan fingerprint density at radius 1 is 1.06 bits per heavy atom. The van der Waals surface area contributed by atoms with E-state index in [0.29, 0.717) is 18.0 Å². The van der Waals surface area contributed by atoms with Gasteiger partial charge in [-0.05, 0) is 55.2 Å². The molecule has 1 atom stereocenters. The van der Waals surface area contributed by atoms with Crippen LogP contribution >= 0.6 is 0 Å². The quantitative estimate of drug-likeness (QED) is 0.495. The molecule has 0 radical (unpaired) electrons. The number of sulfonamides is 1. The molecule has 34 heavy (non-hydrogen) atoms. The Morgan fingerprint density at radius 3 is 2.29 bits per heavy atom. The molecule has 0 spiro atoms. The number of nitrogens with zero attached hydrogens (tertiary/aromatic N) is 2. The molecule has 0 aliphatic rings. The Balaban J connectivity index is 2.37. The van der Waals surface area contributed by atoms with E-state index < -0.39 is 28.5 Å². The smallest absolute Gasteiger partial charge is 0.244 e. The predicted molar refractivity (Wildman–Crippen MR) is 134 cm³/mol. The van der Waals surface area contributed by atoms with Crippen LogP contribution in [-0.4, -0.2) is 57.6 Å². The lowest BCUT2D eigenvalue weighted by Gasteiger charge is -2.31. The minimum atomic E-state index is -3.74. The summed E-state index contributed by atoms with van der Waals surface area (Å²) in [4.78, 5) is 27.6. The van der Waals surface area contributed by atoms with Gasteiger partial charge in [-0.25, -0.2) is 8.42 Å². The van der Waals surface area contributed by atoms with Gasteiger partial charge in [0.25, 0.3) is 0 Å². The topological polar surface area (TPSA) is 96.0 Å². The number of ether oxygens (including phenoxy) is 1. The van der Waals surface area contributed by atoms with Gasteiger partial charge in [-0.1, -0.05) is 38.1 Å². The summed E-state index contributed by atoms with van der Waals surface area (Å²) in [6.45, 7) is 5.79. The lowest BCUT2D eigenvalue weighted by atomic mass is 10.1. The minimum absolute atomic E-state index is 0.128. The number of aryl methyl sites for hydroxylation is 1. The van der Waals surface area contributed by atoms with Crippen LogP contribution in [0.4, 0.5) is 5.69 Å². The predicted octanol–water partition coefficient (Wildman–Crippen LogP) is 2.97. The van der Waals surface area contributed by atoms with Gasteiger partial charge >= 0.3 is 0 Å². The third-order valence-corrected chi connectivity index (χ3v) is 6.66. The molecular formula is C25H35N3O5S. The molecule has 0 bridgehead atoms. The highest BCUT2D eigenvalue weighted by atomic mass is 32.2. The van der Waals surface area contributed by atoms with Crippen molar-refractivity contribution in [1.29, 1.82) is 0 Å². The molecule has 8 nitrogen and oxygen atoms in total. The fraction of sp³-hybridized carbons (Fsp3) is 0.440. The summed E-state index contributed by atoms with van der Waals surface area (Å²) in [5.41, 5.74) is 2.22. The van der Waals surface area contributed by atoms with Crippen molar-refractivity contribution in [2.45, 2.75) is 46.2 Å². The summed E-state index contributed by atoms with van der Waals surface area (Å²) in [5, 5.41) is 2.81. The van der Waals surface area contributed by atoms with E-state index in [1.165, 1.54) is 4.90 Å². The van der Waals surface area contributed by atoms with Crippen LogP contribution in [0.15, 0.2) is 48.5 Å². The molecule has 0 fully saturated rings. The number of anilines is 1. The molecule has 0 heterocycles. The minimum Gasteiger partial charge on any atom is -0.497 e. The van der Waals surface area contributed by atoms with Crippen LogP contribution in [0.5, 0.6) is 5.75 Å². The fourth-order valence-electron chi connectivity index (χ4n) is 3.46. The maximum Gasteiger partial charge on any atom is 0.244 e. The first-order valence-corrected chi connectivity index (χ1v) is 13.2. The number of carbonyl (C=O) groups excluding carboxylic acids is 2. The van der Waals surface area contributed by atoms with Crippen molar-refractivity contribution in [3.63, 3.8) is 0 Å². The second kappa shape index (κ2) is 12.4. The zero-order valence-corrected chi connectivity index (χ0v) is 21.4. The summed E-state index contributed by atoms with van der Waals surface area (Å²) >= 11 is 0. The highest BCUT2D eigenvalue weighted by Gasteiger charge is 2.30. The normalized spacial score (nSPS) is 12.0. The van der Waals surface area contributed by atoms with Crippen molar-refractivity contribution < 1.29 is 22.7 Å². The maximum atomic E-state index is 13.5. The molecule has 1 unspecified atom stereocenters. The Labute approximate surface area is 202 Å². The van der Waals surface area contributed by atoms with Gasteiger partial charge in [0, 0.05) is 13.1 Å². The first-order valence-electron chi connectivity index (χ1n) is 11.4. The molecule has 2 aromatic rings. The van der Waals surface area contributed by atoms with E-state index in [1.54, 1.807) is 44.4 Å². The molecule has 9 heteroatoms. The SMILES string of the molecule is CCCNC(=O)C(C)N(Cc1cccc(OC)c1)C(=O)CN(c1ccc(CC)cc1)S(C)(=O)=O. The Bertz CT molecular complexity index is 1070. The second-order valence-electron chi connectivity index (χ2n) is 8.13. The first kappa shape index (κ1) is 27.2. The summed E-state index contributed by atoms with van der Waals surface area (Å²) < 4.78 is 31.5. The van der Waals surface area contributed by atoms with Gasteiger partial charge in [0.05, 0.1) is 19.1 Å². The number of benzene rings is 2. The van der Waals surface area contributed by atoms with Crippen molar-refractivity contribution in [1.82, 2.24) is 10.2 Å². The van der Waals surface area contributed by atoms with Crippen LogP contribution < -0.4 is 14.4 Å². The molecule has 0 aliphatic heterocycles. The molecule has 2 aromatic carbocycles. The van der Waals surface area contributed by atoms with E-state index in [2.05, 4.69) is 5.32 Å². The molecular weight excluding hydrogens is 454 g/mol. The first-order chi connectivity index (χ1) is 16.1. The van der Waals surface area contributed by atoms with Crippen LogP contribution in [0.3, 0.4) is 0 Å². The van der Waals surface area contributed by atoms with Crippen LogP contribution in [0.25, 0.3) is 0 Å². The summed E-state index contributed by atoms with van der Waals surface area (Å²) in [5.74, 6) is -0.148. The van der Waals surface area contributed by atoms with E-state index >= 15 is 0 Å². The van der Waals surface area contributed by atoms with E-state index in [1.807, 2.05) is 32.0 Å². The highest BCUT2D eigenvalue weighted by molar-refractivity contribution is 7.92. The van der Waals surface area contributed by atoms with Crippen molar-refractivity contribution >= 4 is 27.5 Å². The number of amides is 2. The third-order valence-electron chi connectivity index (χ3n) is 5.52. The Kier molecular flexibility index (Phi) is 9.92. The van der Waals surface area contributed by atoms with Crippen LogP contribution in [-0.2, 0) is 32.6 Å². The summed E-state index contributed by atoms with van der Waals surface area (Å²) in [6.07, 6.45) is 2.65. The summed E-state index contributed by atoms with van der Waals surface area (Å²) in [6, 6.07) is 13.5. The van der Waals surface area contributed by atoms with Crippen molar-refractivity contribution in [3.05, 3.63) is 59.7 Å². The van der Waals surface area contributed by atoms with Gasteiger partial charge in [0.2, 0.25) is 21.8 Å². The van der Waals surface area contributed by atoms with Crippen molar-refractivity contribution in [3.8, 4) is 5.75 Å². The maximum absolute atomic E-state index is 13.5. The number of carbonyl (C=O) groups is 2. The van der Waals surface area contributed by atoms with Gasteiger partial charge in [-0.3, -0.25) is 13.9 Å². The molecule has 0 aromatic heterocycles. The number of nitrogens with one attached hydrogen (secondary N) is 1. The van der Waals surface area contributed by atoms with Crippen LogP contribution in [0.2, 0.25) is 0 Å². The number of hydrogen-bond donors (Lipinski definition) is 1. The molecule has 0 saturated heterocycles. The van der Waals surface area contributed by atoms with Crippen molar-refractivity contribution in [2.24, 2.45) is 0 Å². The van der Waals surface area contributed by atoms with E-state index in [0.717, 1.165) is 34.5 Å². The van der Waals surface area contributed by atoms with E-state index in [-0.39, 0.29) is 12.5 Å². The lowest BCUT2D eigenvalue weighted by molar-refractivity contribution is -0.139. The zero-order chi connectivity index (χ0) is 25.3. The van der Waals surface area contributed by atoms with Gasteiger partial charge in [-0.2, -0.15) is 0 Å². The number of hydrogen-bond acceptors (Lipinski definition) is 5. The average Bonchev–Trinajstić information content (AvgIpc) is 2.83. The molecule has 186 valence electrons. The molecule has 0 aliphatic carbocycles. The molecule has 1 N–H and O–H groups in total. The highest BCUT2D eigenvalue weighted by Crippen LogP contribution is 2.21. The summed E-state index contributed by atoms with van der Waals surface area (Å²) in [7, 11) is -2.19. The fourth-order valence-corrected chi connectivity index (χ4v) is 4.31. The van der Waals surface area contributed by atoms with Crippen LogP contribution in [0, 0.1) is 0 Å². The lowest BCUT2D eigenvalue weighted by Crippen LogP contribution is -2.51. The van der Waals surface area contributed by atoms with Gasteiger partial charge in [-0.15, -0.1) is 0 Å². The van der Waals surface area contributed by atoms with Crippen molar-refractivity contribution in [2.75, 3.05) is 30.8 Å². The average molecular weight is 490 g/mol. The Hall–Kier alpha value is -3.07. The number of rotatable bonds is 12. The van der Waals surface area contributed by atoms with Crippen LogP contribution in [0.1, 0.15) is 38.3 Å². The standard InChI is InChI=1S/C25H35N3O5S/c1-6-15-26-25(30)19(3)27(17-21-9-8-10-23(16-21)33-4)24(29)18-28(34(5,31)32)22-13-11-20(7-2)12-14-22/h8-14,16,19H,6-7,15,17-18H2,1-5H3,(H,26,30). The van der Waals surface area contributed by atoms with Gasteiger partial charge in [0.15, 0.2) is 0 Å². The largest absolute Gasteiger partial charge is 0.497 e. The van der Waals surface area contributed by atoms with Gasteiger partial charge in [0.1, 0.15) is 18.3 Å². The second-order valence-corrected chi connectivity index (χ2v) is 10.0. The van der Waals surface area contributed by atoms with E-state index in [9.17, 15) is 18.0 Å². The third kappa shape index (κ3) is 7.48. The molecule has 0 saturated carbocycles. The number of methoxy groups -OCH3 is 1. The monoisotopic (exact) mass is 489 g/mol.